The Balaban J connectivity index is 2.59. The van der Waals surface area contributed by atoms with Crippen molar-refractivity contribution in [3.63, 3.8) is 0 Å². The summed E-state index contributed by atoms with van der Waals surface area (Å²) in [7, 11) is 0. The molecule has 1 heterocycles. The fraction of sp³-hybridized carbons (Fsp3) is 0.333. The fourth-order valence-electron chi connectivity index (χ4n) is 0.876. The largest absolute Gasteiger partial charge is 0.469 e. The first-order valence-electron chi connectivity index (χ1n) is 4.11. The van der Waals surface area contributed by atoms with Crippen LogP contribution in [0.1, 0.15) is 29.5 Å². The predicted octanol–water partition coefficient (Wildman–Crippen LogP) is 1.71. The number of carbonyl (C=O) groups is 1. The summed E-state index contributed by atoms with van der Waals surface area (Å²) in [5.41, 5.74) is 2.92. The molecule has 1 amide bonds. The smallest absolute Gasteiger partial charge is 0.274 e. The number of nitrogens with zero attached hydrogens (tertiary/aromatic N) is 1. The van der Waals surface area contributed by atoms with Crippen molar-refractivity contribution in [2.45, 2.75) is 20.3 Å². The van der Waals surface area contributed by atoms with Crippen molar-refractivity contribution in [2.24, 2.45) is 5.10 Å². The second-order valence-electron chi connectivity index (χ2n) is 2.55. The van der Waals surface area contributed by atoms with Gasteiger partial charge in [-0.1, -0.05) is 6.92 Å². The van der Waals surface area contributed by atoms with Crippen LogP contribution in [0.5, 0.6) is 0 Å². The average molecular weight is 180 g/mol. The van der Waals surface area contributed by atoms with E-state index in [1.165, 1.54) is 6.26 Å². The molecule has 0 bridgehead atoms. The molecule has 4 heteroatoms. The van der Waals surface area contributed by atoms with Crippen molar-refractivity contribution in [1.82, 2.24) is 5.43 Å². The number of rotatable bonds is 3. The van der Waals surface area contributed by atoms with Gasteiger partial charge in [0.25, 0.3) is 5.91 Å². The average Bonchev–Trinajstić information content (AvgIpc) is 2.52. The van der Waals surface area contributed by atoms with Gasteiger partial charge in [-0.3, -0.25) is 4.79 Å². The molecule has 0 saturated heterocycles. The Morgan fingerprint density at radius 1 is 1.77 bits per heavy atom. The Morgan fingerprint density at radius 2 is 2.54 bits per heavy atom. The van der Waals surface area contributed by atoms with Crippen LogP contribution in [0, 0.1) is 6.92 Å². The number of hydrazone groups is 1. The summed E-state index contributed by atoms with van der Waals surface area (Å²) >= 11 is 0. The molecule has 0 fully saturated rings. The van der Waals surface area contributed by atoms with E-state index in [1.807, 2.05) is 6.92 Å². The lowest BCUT2D eigenvalue weighted by Gasteiger charge is -1.95. The van der Waals surface area contributed by atoms with Gasteiger partial charge in [0, 0.05) is 6.21 Å². The second kappa shape index (κ2) is 4.45. The van der Waals surface area contributed by atoms with E-state index < -0.39 is 0 Å². The van der Waals surface area contributed by atoms with Crippen LogP contribution in [0.25, 0.3) is 0 Å². The van der Waals surface area contributed by atoms with E-state index in [1.54, 1.807) is 19.2 Å². The third-order valence-corrected chi connectivity index (χ3v) is 1.54. The van der Waals surface area contributed by atoms with Gasteiger partial charge in [0.1, 0.15) is 5.76 Å². The summed E-state index contributed by atoms with van der Waals surface area (Å²) in [5.74, 6) is 0.361. The highest BCUT2D eigenvalue weighted by Gasteiger charge is 2.09. The summed E-state index contributed by atoms with van der Waals surface area (Å²) < 4.78 is 4.98. The molecule has 0 unspecified atom stereocenters. The first kappa shape index (κ1) is 9.51. The maximum atomic E-state index is 11.3. The molecule has 0 radical (unpaired) electrons. The van der Waals surface area contributed by atoms with E-state index in [-0.39, 0.29) is 5.91 Å². The molecule has 1 N–H and O–H groups in total. The number of hydrogen-bond donors (Lipinski definition) is 1. The Kier molecular flexibility index (Phi) is 3.25. The Labute approximate surface area is 76.6 Å². The number of carbonyl (C=O) groups excluding carboxylic acids is 1. The standard InChI is InChI=1S/C9H12N2O2/c1-3-5-10-11-9(12)8-4-6-13-7(8)2/h4-6H,3H2,1-2H3,(H,11,12)/b10-5+. The molecule has 13 heavy (non-hydrogen) atoms. The van der Waals surface area contributed by atoms with Crippen LogP contribution in [0.2, 0.25) is 0 Å². The molecule has 0 aliphatic carbocycles. The van der Waals surface area contributed by atoms with E-state index in [4.69, 9.17) is 4.42 Å². The van der Waals surface area contributed by atoms with E-state index in [9.17, 15) is 4.79 Å². The first-order chi connectivity index (χ1) is 6.25. The van der Waals surface area contributed by atoms with Crippen molar-refractivity contribution in [1.29, 1.82) is 0 Å². The van der Waals surface area contributed by atoms with Crippen molar-refractivity contribution < 1.29 is 9.21 Å². The van der Waals surface area contributed by atoms with Crippen molar-refractivity contribution >= 4 is 12.1 Å². The summed E-state index contributed by atoms with van der Waals surface area (Å²) in [5, 5.41) is 3.72. The van der Waals surface area contributed by atoms with E-state index in [0.717, 1.165) is 6.42 Å². The topological polar surface area (TPSA) is 54.6 Å². The van der Waals surface area contributed by atoms with Gasteiger partial charge in [0.05, 0.1) is 11.8 Å². The van der Waals surface area contributed by atoms with Gasteiger partial charge < -0.3 is 4.42 Å². The number of hydrogen-bond acceptors (Lipinski definition) is 3. The first-order valence-corrected chi connectivity index (χ1v) is 4.11. The zero-order valence-corrected chi connectivity index (χ0v) is 7.70. The predicted molar refractivity (Wildman–Crippen MR) is 49.7 cm³/mol. The van der Waals surface area contributed by atoms with Crippen LogP contribution in [0.3, 0.4) is 0 Å². The summed E-state index contributed by atoms with van der Waals surface area (Å²) in [6, 6.07) is 1.62. The van der Waals surface area contributed by atoms with E-state index in [2.05, 4.69) is 10.5 Å². The fourth-order valence-corrected chi connectivity index (χ4v) is 0.876. The van der Waals surface area contributed by atoms with Crippen molar-refractivity contribution in [3.05, 3.63) is 23.7 Å². The van der Waals surface area contributed by atoms with Crippen molar-refractivity contribution in [3.8, 4) is 0 Å². The lowest BCUT2D eigenvalue weighted by atomic mass is 10.2. The van der Waals surface area contributed by atoms with Gasteiger partial charge in [-0.25, -0.2) is 5.43 Å². The van der Waals surface area contributed by atoms with E-state index >= 15 is 0 Å². The molecular formula is C9H12N2O2. The summed E-state index contributed by atoms with van der Waals surface area (Å²) in [6.07, 6.45) is 3.91. The van der Waals surface area contributed by atoms with Gasteiger partial charge in [-0.05, 0) is 19.4 Å². The monoisotopic (exact) mass is 180 g/mol. The Bertz CT molecular complexity index is 315. The van der Waals surface area contributed by atoms with Crippen LogP contribution in [0.15, 0.2) is 21.8 Å². The minimum atomic E-state index is -0.240. The highest BCUT2D eigenvalue weighted by Crippen LogP contribution is 2.07. The van der Waals surface area contributed by atoms with Crippen LogP contribution in [-0.2, 0) is 0 Å². The molecule has 0 aliphatic heterocycles. The normalized spacial score (nSPS) is 10.6. The Morgan fingerprint density at radius 3 is 3.08 bits per heavy atom. The molecule has 1 aromatic rings. The second-order valence-corrected chi connectivity index (χ2v) is 2.55. The van der Waals surface area contributed by atoms with Gasteiger partial charge in [0.2, 0.25) is 0 Å². The third kappa shape index (κ3) is 2.43. The maximum absolute atomic E-state index is 11.3. The third-order valence-electron chi connectivity index (χ3n) is 1.54. The summed E-state index contributed by atoms with van der Waals surface area (Å²) in [6.45, 7) is 3.68. The molecule has 0 aliphatic rings. The zero-order valence-electron chi connectivity index (χ0n) is 7.70. The lowest BCUT2D eigenvalue weighted by Crippen LogP contribution is -2.17. The zero-order chi connectivity index (χ0) is 9.68. The highest BCUT2D eigenvalue weighted by molar-refractivity contribution is 5.95. The minimum Gasteiger partial charge on any atom is -0.469 e. The SMILES string of the molecule is CC/C=N/NC(=O)c1ccoc1C. The summed E-state index contributed by atoms with van der Waals surface area (Å²) in [4.78, 5) is 11.3. The molecule has 0 saturated carbocycles. The maximum Gasteiger partial charge on any atom is 0.274 e. The highest BCUT2D eigenvalue weighted by atomic mass is 16.3. The van der Waals surface area contributed by atoms with Gasteiger partial charge in [-0.15, -0.1) is 0 Å². The van der Waals surface area contributed by atoms with Crippen LogP contribution in [-0.4, -0.2) is 12.1 Å². The molecule has 0 spiro atoms. The quantitative estimate of drug-likeness (QED) is 0.568. The molecule has 4 nitrogen and oxygen atoms in total. The van der Waals surface area contributed by atoms with Crippen molar-refractivity contribution in [2.75, 3.05) is 0 Å². The molecule has 1 rings (SSSR count). The number of aryl methyl sites for hydroxylation is 1. The van der Waals surface area contributed by atoms with Gasteiger partial charge >= 0.3 is 0 Å². The minimum absolute atomic E-state index is 0.240. The lowest BCUT2D eigenvalue weighted by molar-refractivity contribution is 0.0953. The number of nitrogens with one attached hydrogen (secondary N) is 1. The molecule has 0 aromatic carbocycles. The van der Waals surface area contributed by atoms with Gasteiger partial charge in [-0.2, -0.15) is 5.10 Å². The molecule has 1 aromatic heterocycles. The number of furan rings is 1. The molecule has 0 atom stereocenters. The number of amides is 1. The molecular weight excluding hydrogens is 168 g/mol. The van der Waals surface area contributed by atoms with Gasteiger partial charge in [0.15, 0.2) is 0 Å². The van der Waals surface area contributed by atoms with Crippen LogP contribution >= 0.6 is 0 Å². The van der Waals surface area contributed by atoms with E-state index in [0.29, 0.717) is 11.3 Å². The Hall–Kier alpha value is -1.58. The van der Waals surface area contributed by atoms with Crippen LogP contribution in [0.4, 0.5) is 0 Å². The van der Waals surface area contributed by atoms with Crippen LogP contribution < -0.4 is 5.43 Å². The molecule has 70 valence electrons.